The predicted octanol–water partition coefficient (Wildman–Crippen LogP) is 4.09. The molecule has 124 valence electrons. The number of fused-ring (bicyclic) bond motifs is 5. The van der Waals surface area contributed by atoms with Crippen LogP contribution in [0.2, 0.25) is 0 Å². The van der Waals surface area contributed by atoms with Crippen LogP contribution in [0.3, 0.4) is 0 Å². The molecule has 2 fully saturated rings. The summed E-state index contributed by atoms with van der Waals surface area (Å²) in [5, 5.41) is 23.0. The molecule has 1 aromatic rings. The van der Waals surface area contributed by atoms with Crippen molar-refractivity contribution < 1.29 is 15.1 Å². The van der Waals surface area contributed by atoms with Gasteiger partial charge < -0.3 is 15.1 Å². The van der Waals surface area contributed by atoms with Crippen molar-refractivity contribution in [3.05, 3.63) is 23.3 Å². The molecule has 3 aliphatic carbocycles. The number of hydrogen-bond acceptors (Lipinski definition) is 4. The van der Waals surface area contributed by atoms with Crippen LogP contribution in [0, 0.1) is 17.3 Å². The molecule has 0 spiro atoms. The SMILES string of the molecule is COc1cc2c(cc1O)CC[C@@H]1[C@@H]2CC[C@]2(C)/C(=N/O)CC[C@@H]12. The van der Waals surface area contributed by atoms with Crippen LogP contribution in [0.15, 0.2) is 17.3 Å². The van der Waals surface area contributed by atoms with E-state index < -0.39 is 0 Å². The van der Waals surface area contributed by atoms with Gasteiger partial charge >= 0.3 is 0 Å². The summed E-state index contributed by atoms with van der Waals surface area (Å²) in [4.78, 5) is 0. The summed E-state index contributed by atoms with van der Waals surface area (Å²) in [7, 11) is 1.61. The maximum absolute atomic E-state index is 10.1. The summed E-state index contributed by atoms with van der Waals surface area (Å²) in [6.07, 6.45) is 6.47. The number of hydrogen-bond donors (Lipinski definition) is 2. The molecule has 4 atom stereocenters. The van der Waals surface area contributed by atoms with E-state index in [-0.39, 0.29) is 11.2 Å². The average molecular weight is 315 g/mol. The summed E-state index contributed by atoms with van der Waals surface area (Å²) < 4.78 is 5.33. The zero-order valence-corrected chi connectivity index (χ0v) is 13.9. The number of methoxy groups -OCH3 is 1. The Morgan fingerprint density at radius 2 is 2.04 bits per heavy atom. The maximum Gasteiger partial charge on any atom is 0.160 e. The molecule has 0 aliphatic heterocycles. The van der Waals surface area contributed by atoms with Crippen LogP contribution in [0.1, 0.15) is 56.1 Å². The highest BCUT2D eigenvalue weighted by Crippen LogP contribution is 2.60. The first-order valence-electron chi connectivity index (χ1n) is 8.69. The third-order valence-corrected chi connectivity index (χ3v) is 6.89. The van der Waals surface area contributed by atoms with Crippen molar-refractivity contribution in [2.45, 2.75) is 51.4 Å². The zero-order chi connectivity index (χ0) is 16.2. The van der Waals surface area contributed by atoms with Gasteiger partial charge in [-0.25, -0.2) is 0 Å². The van der Waals surface area contributed by atoms with Gasteiger partial charge in [0.25, 0.3) is 0 Å². The van der Waals surface area contributed by atoms with Gasteiger partial charge in [0.1, 0.15) is 0 Å². The van der Waals surface area contributed by atoms with E-state index in [1.54, 1.807) is 7.11 Å². The number of phenolic OH excluding ortho intramolecular Hbond substituents is 1. The van der Waals surface area contributed by atoms with Crippen LogP contribution >= 0.6 is 0 Å². The first kappa shape index (κ1) is 14.9. The number of aryl methyl sites for hydroxylation is 1. The topological polar surface area (TPSA) is 62.0 Å². The Bertz CT molecular complexity index is 669. The Morgan fingerprint density at radius 3 is 2.78 bits per heavy atom. The van der Waals surface area contributed by atoms with Crippen LogP contribution in [0.4, 0.5) is 0 Å². The molecular formula is C19H25NO3. The quantitative estimate of drug-likeness (QED) is 0.606. The second-order valence-electron chi connectivity index (χ2n) is 7.68. The number of nitrogens with zero attached hydrogens (tertiary/aromatic N) is 1. The second kappa shape index (κ2) is 5.15. The Hall–Kier alpha value is -1.71. The fourth-order valence-electron chi connectivity index (χ4n) is 5.70. The molecule has 23 heavy (non-hydrogen) atoms. The summed E-state index contributed by atoms with van der Waals surface area (Å²) in [6, 6.07) is 3.95. The van der Waals surface area contributed by atoms with Crippen molar-refractivity contribution >= 4 is 5.71 Å². The molecule has 2 saturated carbocycles. The molecule has 0 amide bonds. The fraction of sp³-hybridized carbons (Fsp3) is 0.632. The minimum atomic E-state index is 0.0778. The molecule has 2 N–H and O–H groups in total. The van der Waals surface area contributed by atoms with Crippen molar-refractivity contribution in [3.8, 4) is 11.5 Å². The van der Waals surface area contributed by atoms with Gasteiger partial charge in [-0.3, -0.25) is 0 Å². The van der Waals surface area contributed by atoms with Crippen molar-refractivity contribution in [3.63, 3.8) is 0 Å². The molecule has 3 aliphatic rings. The first-order chi connectivity index (χ1) is 11.1. The molecule has 0 bridgehead atoms. The van der Waals surface area contributed by atoms with Crippen molar-refractivity contribution in [1.82, 2.24) is 0 Å². The van der Waals surface area contributed by atoms with E-state index >= 15 is 0 Å². The molecule has 4 heteroatoms. The largest absolute Gasteiger partial charge is 0.504 e. The number of aromatic hydroxyl groups is 1. The van der Waals surface area contributed by atoms with Crippen LogP contribution in [-0.4, -0.2) is 23.1 Å². The monoisotopic (exact) mass is 315 g/mol. The molecule has 0 radical (unpaired) electrons. The molecule has 0 unspecified atom stereocenters. The molecule has 4 rings (SSSR count). The van der Waals surface area contributed by atoms with Gasteiger partial charge in [0.2, 0.25) is 0 Å². The number of phenols is 1. The third-order valence-electron chi connectivity index (χ3n) is 6.89. The van der Waals surface area contributed by atoms with Gasteiger partial charge in [-0.05, 0) is 79.5 Å². The van der Waals surface area contributed by atoms with Crippen LogP contribution < -0.4 is 4.74 Å². The lowest BCUT2D eigenvalue weighted by Gasteiger charge is -2.49. The van der Waals surface area contributed by atoms with Crippen LogP contribution in [-0.2, 0) is 6.42 Å². The second-order valence-corrected chi connectivity index (χ2v) is 7.68. The number of oxime groups is 1. The smallest absolute Gasteiger partial charge is 0.160 e. The van der Waals surface area contributed by atoms with Gasteiger partial charge in [-0.1, -0.05) is 12.1 Å². The summed E-state index contributed by atoms with van der Waals surface area (Å²) in [6.45, 7) is 2.29. The standard InChI is InChI=1S/C19H25NO3/c1-19-8-7-12-13(15(19)5-6-18(19)20-22)4-3-11-9-16(21)17(23-2)10-14(11)12/h9-10,12-13,15,21-22H,3-8H2,1-2H3/b20-18+/t12-,13+,15-,19-/m0/s1. The lowest BCUT2D eigenvalue weighted by molar-refractivity contribution is 0.0936. The Balaban J connectivity index is 1.73. The van der Waals surface area contributed by atoms with Crippen molar-refractivity contribution in [1.29, 1.82) is 0 Å². The van der Waals surface area contributed by atoms with E-state index in [1.165, 1.54) is 17.5 Å². The first-order valence-corrected chi connectivity index (χ1v) is 8.69. The Morgan fingerprint density at radius 1 is 1.22 bits per heavy atom. The van der Waals surface area contributed by atoms with Gasteiger partial charge in [-0.2, -0.15) is 0 Å². The van der Waals surface area contributed by atoms with E-state index in [1.807, 2.05) is 6.07 Å². The average Bonchev–Trinajstić information content (AvgIpc) is 2.90. The normalized spacial score (nSPS) is 37.1. The van der Waals surface area contributed by atoms with E-state index in [4.69, 9.17) is 4.74 Å². The highest BCUT2D eigenvalue weighted by atomic mass is 16.5. The highest BCUT2D eigenvalue weighted by Gasteiger charge is 2.53. The van der Waals surface area contributed by atoms with Crippen LogP contribution in [0.5, 0.6) is 11.5 Å². The van der Waals surface area contributed by atoms with E-state index in [0.29, 0.717) is 23.5 Å². The number of ether oxygens (including phenoxy) is 1. The van der Waals surface area contributed by atoms with E-state index in [0.717, 1.165) is 37.8 Å². The molecule has 4 nitrogen and oxygen atoms in total. The summed E-state index contributed by atoms with van der Waals surface area (Å²) in [5.41, 5.74) is 3.73. The molecule has 0 saturated heterocycles. The van der Waals surface area contributed by atoms with E-state index in [2.05, 4.69) is 18.1 Å². The zero-order valence-electron chi connectivity index (χ0n) is 13.9. The highest BCUT2D eigenvalue weighted by molar-refractivity contribution is 5.92. The van der Waals surface area contributed by atoms with E-state index in [9.17, 15) is 10.3 Å². The molecule has 1 aromatic carbocycles. The Kier molecular flexibility index (Phi) is 3.33. The third kappa shape index (κ3) is 2.00. The predicted molar refractivity (Wildman–Crippen MR) is 88.5 cm³/mol. The lowest BCUT2D eigenvalue weighted by Crippen LogP contribution is -2.42. The van der Waals surface area contributed by atoms with Crippen LogP contribution in [0.25, 0.3) is 0 Å². The van der Waals surface area contributed by atoms with Gasteiger partial charge in [0.05, 0.1) is 12.8 Å². The molecule has 0 heterocycles. The minimum absolute atomic E-state index is 0.0778. The fourth-order valence-corrected chi connectivity index (χ4v) is 5.70. The van der Waals surface area contributed by atoms with Gasteiger partial charge in [0.15, 0.2) is 11.5 Å². The number of benzene rings is 1. The van der Waals surface area contributed by atoms with Gasteiger partial charge in [0, 0.05) is 5.41 Å². The maximum atomic E-state index is 10.1. The molecular weight excluding hydrogens is 290 g/mol. The van der Waals surface area contributed by atoms with Gasteiger partial charge in [-0.15, -0.1) is 0 Å². The minimum Gasteiger partial charge on any atom is -0.504 e. The summed E-state index contributed by atoms with van der Waals surface area (Å²) in [5.74, 6) is 2.64. The molecule has 0 aromatic heterocycles. The van der Waals surface area contributed by atoms with Crippen molar-refractivity contribution in [2.24, 2.45) is 22.4 Å². The Labute approximate surface area is 137 Å². The number of rotatable bonds is 1. The summed E-state index contributed by atoms with van der Waals surface area (Å²) >= 11 is 0. The van der Waals surface area contributed by atoms with Crippen molar-refractivity contribution in [2.75, 3.05) is 7.11 Å². The lowest BCUT2D eigenvalue weighted by atomic mass is 9.55.